The first-order valence-corrected chi connectivity index (χ1v) is 5.25. The van der Waals surface area contributed by atoms with Crippen LogP contribution in [0.2, 0.25) is 0 Å². The Morgan fingerprint density at radius 1 is 1.64 bits per heavy atom. The van der Waals surface area contributed by atoms with Gasteiger partial charge < -0.3 is 15.8 Å². The van der Waals surface area contributed by atoms with Crippen molar-refractivity contribution < 1.29 is 9.53 Å². The summed E-state index contributed by atoms with van der Waals surface area (Å²) in [4.78, 5) is 11.2. The van der Waals surface area contributed by atoms with Crippen molar-refractivity contribution in [2.24, 2.45) is 5.73 Å². The van der Waals surface area contributed by atoms with Crippen LogP contribution < -0.4 is 11.1 Å². The van der Waals surface area contributed by atoms with E-state index in [4.69, 9.17) is 10.5 Å². The maximum atomic E-state index is 11.2. The van der Waals surface area contributed by atoms with E-state index in [1.54, 1.807) is 0 Å². The molecule has 1 aliphatic carbocycles. The van der Waals surface area contributed by atoms with E-state index in [9.17, 15) is 4.79 Å². The number of carbonyl (C=O) groups excluding carboxylic acids is 1. The summed E-state index contributed by atoms with van der Waals surface area (Å²) in [7, 11) is 0. The molecule has 0 atom stereocenters. The second-order valence-electron chi connectivity index (χ2n) is 4.39. The average Bonchev–Trinajstić information content (AvgIpc) is 2.01. The molecule has 1 aliphatic rings. The van der Waals surface area contributed by atoms with Crippen LogP contribution in [0.25, 0.3) is 0 Å². The second-order valence-corrected chi connectivity index (χ2v) is 4.39. The summed E-state index contributed by atoms with van der Waals surface area (Å²) in [6.45, 7) is 4.57. The Kier molecular flexibility index (Phi) is 3.75. The number of hydrogen-bond donors (Lipinski definition) is 2. The van der Waals surface area contributed by atoms with Gasteiger partial charge >= 0.3 is 6.09 Å². The van der Waals surface area contributed by atoms with Crippen molar-refractivity contribution in [1.82, 2.24) is 5.32 Å². The zero-order valence-electron chi connectivity index (χ0n) is 9.01. The molecule has 0 radical (unpaired) electrons. The van der Waals surface area contributed by atoms with Crippen LogP contribution in [0.15, 0.2) is 0 Å². The van der Waals surface area contributed by atoms with Gasteiger partial charge in [0, 0.05) is 11.6 Å². The Bertz CT molecular complexity index is 196. The third kappa shape index (κ3) is 3.54. The molecule has 1 fully saturated rings. The molecule has 0 aromatic heterocycles. The predicted octanol–water partition coefficient (Wildman–Crippen LogP) is 1.39. The molecule has 1 saturated carbocycles. The number of rotatable bonds is 4. The van der Waals surface area contributed by atoms with Crippen molar-refractivity contribution in [2.75, 3.05) is 6.61 Å². The van der Waals surface area contributed by atoms with E-state index < -0.39 is 0 Å². The molecule has 82 valence electrons. The van der Waals surface area contributed by atoms with Gasteiger partial charge in [-0.1, -0.05) is 13.3 Å². The van der Waals surface area contributed by atoms with Gasteiger partial charge in [-0.3, -0.25) is 0 Å². The van der Waals surface area contributed by atoms with E-state index in [0.29, 0.717) is 6.61 Å². The first kappa shape index (κ1) is 11.3. The summed E-state index contributed by atoms with van der Waals surface area (Å²) < 4.78 is 4.97. The minimum Gasteiger partial charge on any atom is -0.450 e. The van der Waals surface area contributed by atoms with Gasteiger partial charge in [0.2, 0.25) is 0 Å². The smallest absolute Gasteiger partial charge is 0.407 e. The number of alkyl carbamates (subject to hydrolysis) is 1. The minimum atomic E-state index is -0.307. The SMILES string of the molecule is CCCCOC(=O)NC1CC(C)(N)C1. The van der Waals surface area contributed by atoms with Crippen LogP contribution in [0.3, 0.4) is 0 Å². The van der Waals surface area contributed by atoms with Gasteiger partial charge in [-0.2, -0.15) is 0 Å². The fourth-order valence-electron chi connectivity index (χ4n) is 1.69. The molecule has 0 unspecified atom stereocenters. The number of unbranched alkanes of at least 4 members (excludes halogenated alkanes) is 1. The number of amides is 1. The zero-order valence-corrected chi connectivity index (χ0v) is 9.01. The lowest BCUT2D eigenvalue weighted by atomic mass is 9.75. The Morgan fingerprint density at radius 2 is 2.29 bits per heavy atom. The summed E-state index contributed by atoms with van der Waals surface area (Å²) >= 11 is 0. The lowest BCUT2D eigenvalue weighted by Crippen LogP contribution is -2.58. The molecule has 0 bridgehead atoms. The maximum Gasteiger partial charge on any atom is 0.407 e. The van der Waals surface area contributed by atoms with Crippen molar-refractivity contribution in [3.8, 4) is 0 Å². The molecule has 0 spiro atoms. The molecule has 4 nitrogen and oxygen atoms in total. The predicted molar refractivity (Wildman–Crippen MR) is 55.0 cm³/mol. The van der Waals surface area contributed by atoms with E-state index in [1.165, 1.54) is 0 Å². The summed E-state index contributed by atoms with van der Waals surface area (Å²) in [5.41, 5.74) is 5.72. The van der Waals surface area contributed by atoms with Gasteiger partial charge in [0.1, 0.15) is 0 Å². The van der Waals surface area contributed by atoms with Gasteiger partial charge in [0.15, 0.2) is 0 Å². The van der Waals surface area contributed by atoms with E-state index in [2.05, 4.69) is 12.2 Å². The third-order valence-electron chi connectivity index (χ3n) is 2.48. The average molecular weight is 200 g/mol. The van der Waals surface area contributed by atoms with E-state index in [1.807, 2.05) is 6.92 Å². The van der Waals surface area contributed by atoms with Gasteiger partial charge in [0.25, 0.3) is 0 Å². The number of nitrogens with two attached hydrogens (primary N) is 1. The molecule has 0 aliphatic heterocycles. The third-order valence-corrected chi connectivity index (χ3v) is 2.48. The largest absolute Gasteiger partial charge is 0.450 e. The maximum absolute atomic E-state index is 11.2. The number of nitrogens with one attached hydrogen (secondary N) is 1. The fourth-order valence-corrected chi connectivity index (χ4v) is 1.69. The molecule has 0 aromatic rings. The Balaban J connectivity index is 2.05. The molecule has 0 heterocycles. The summed E-state index contributed by atoms with van der Waals surface area (Å²) in [6, 6.07) is 0.208. The molecule has 1 amide bonds. The van der Waals surface area contributed by atoms with Crippen LogP contribution in [0, 0.1) is 0 Å². The lowest BCUT2D eigenvalue weighted by Gasteiger charge is -2.42. The van der Waals surface area contributed by atoms with Crippen LogP contribution in [0.1, 0.15) is 39.5 Å². The fraction of sp³-hybridized carbons (Fsp3) is 0.900. The lowest BCUT2D eigenvalue weighted by molar-refractivity contribution is 0.122. The normalized spacial score (nSPS) is 30.6. The molecule has 0 saturated heterocycles. The summed E-state index contributed by atoms with van der Waals surface area (Å²) in [6.07, 6.45) is 3.34. The summed E-state index contributed by atoms with van der Waals surface area (Å²) in [5, 5.41) is 2.79. The van der Waals surface area contributed by atoms with Crippen LogP contribution in [0.5, 0.6) is 0 Å². The Labute approximate surface area is 85.2 Å². The number of hydrogen-bond acceptors (Lipinski definition) is 3. The molecule has 0 aromatic carbocycles. The first-order chi connectivity index (χ1) is 6.53. The summed E-state index contributed by atoms with van der Waals surface area (Å²) in [5.74, 6) is 0. The molecular formula is C10H20N2O2. The minimum absolute atomic E-state index is 0.0959. The monoisotopic (exact) mass is 200 g/mol. The van der Waals surface area contributed by atoms with E-state index >= 15 is 0 Å². The van der Waals surface area contributed by atoms with Crippen molar-refractivity contribution in [3.63, 3.8) is 0 Å². The standard InChI is InChI=1S/C10H20N2O2/c1-3-4-5-14-9(13)12-8-6-10(2,11)7-8/h8H,3-7,11H2,1-2H3,(H,12,13). The highest BCUT2D eigenvalue weighted by Crippen LogP contribution is 2.28. The van der Waals surface area contributed by atoms with Crippen LogP contribution >= 0.6 is 0 Å². The van der Waals surface area contributed by atoms with E-state index in [0.717, 1.165) is 25.7 Å². The van der Waals surface area contributed by atoms with Crippen molar-refractivity contribution in [3.05, 3.63) is 0 Å². The highest BCUT2D eigenvalue weighted by molar-refractivity contribution is 5.67. The van der Waals surface area contributed by atoms with Crippen LogP contribution in [0.4, 0.5) is 4.79 Å². The van der Waals surface area contributed by atoms with Crippen molar-refractivity contribution in [2.45, 2.75) is 51.1 Å². The topological polar surface area (TPSA) is 64.3 Å². The number of ether oxygens (including phenoxy) is 1. The molecule has 1 rings (SSSR count). The highest BCUT2D eigenvalue weighted by atomic mass is 16.5. The molecule has 3 N–H and O–H groups in total. The van der Waals surface area contributed by atoms with Crippen LogP contribution in [-0.4, -0.2) is 24.3 Å². The number of carbonyl (C=O) groups is 1. The molecule has 4 heteroatoms. The quantitative estimate of drug-likeness (QED) is 0.674. The zero-order chi connectivity index (χ0) is 10.6. The second kappa shape index (κ2) is 4.64. The molecular weight excluding hydrogens is 180 g/mol. The molecule has 14 heavy (non-hydrogen) atoms. The highest BCUT2D eigenvalue weighted by Gasteiger charge is 2.37. The Morgan fingerprint density at radius 3 is 2.79 bits per heavy atom. The Hall–Kier alpha value is -0.770. The van der Waals surface area contributed by atoms with Crippen LogP contribution in [-0.2, 0) is 4.74 Å². The van der Waals surface area contributed by atoms with Gasteiger partial charge in [0.05, 0.1) is 6.61 Å². The van der Waals surface area contributed by atoms with Gasteiger partial charge in [-0.05, 0) is 26.2 Å². The van der Waals surface area contributed by atoms with Crippen molar-refractivity contribution >= 4 is 6.09 Å². The van der Waals surface area contributed by atoms with Crippen molar-refractivity contribution in [1.29, 1.82) is 0 Å². The van der Waals surface area contributed by atoms with Gasteiger partial charge in [-0.25, -0.2) is 4.79 Å². The van der Waals surface area contributed by atoms with E-state index in [-0.39, 0.29) is 17.7 Å². The first-order valence-electron chi connectivity index (χ1n) is 5.25. The van der Waals surface area contributed by atoms with Gasteiger partial charge in [-0.15, -0.1) is 0 Å².